The number of nitrogens with zero attached hydrogens (tertiary/aromatic N) is 2. The van der Waals surface area contributed by atoms with E-state index in [4.69, 9.17) is 10.5 Å². The molecule has 0 saturated carbocycles. The van der Waals surface area contributed by atoms with Crippen LogP contribution in [0.25, 0.3) is 0 Å². The van der Waals surface area contributed by atoms with Gasteiger partial charge < -0.3 is 10.5 Å². The fraction of sp³-hybridized carbons (Fsp3) is 0.375. The van der Waals surface area contributed by atoms with Crippen LogP contribution in [0.15, 0.2) is 28.7 Å². The fourth-order valence-electron chi connectivity index (χ4n) is 1.77. The van der Waals surface area contributed by atoms with Crippen LogP contribution in [0, 0.1) is 6.92 Å². The van der Waals surface area contributed by atoms with Gasteiger partial charge >= 0.3 is 0 Å². The van der Waals surface area contributed by atoms with Crippen molar-refractivity contribution in [2.45, 2.75) is 39.7 Å². The molecule has 0 fully saturated rings. The van der Waals surface area contributed by atoms with Gasteiger partial charge in [-0.15, -0.1) is 0 Å². The Hall–Kier alpha value is -1.62. The zero-order chi connectivity index (χ0) is 15.6. The Labute approximate surface area is 133 Å². The maximum Gasteiger partial charge on any atom is 0.222 e. The highest BCUT2D eigenvalue weighted by atomic mass is 79.9. The molecular weight excluding hydrogens is 330 g/mol. The number of aromatic nitrogens is 2. The van der Waals surface area contributed by atoms with Crippen LogP contribution in [0.3, 0.4) is 0 Å². The molecule has 0 saturated heterocycles. The summed E-state index contributed by atoms with van der Waals surface area (Å²) < 4.78 is 6.87. The number of halogens is 1. The van der Waals surface area contributed by atoms with Crippen LogP contribution in [-0.2, 0) is 12.0 Å². The van der Waals surface area contributed by atoms with Crippen molar-refractivity contribution < 1.29 is 4.74 Å². The van der Waals surface area contributed by atoms with E-state index in [2.05, 4.69) is 46.7 Å². The lowest BCUT2D eigenvalue weighted by Crippen LogP contribution is -2.18. The number of anilines is 1. The zero-order valence-corrected chi connectivity index (χ0v) is 14.4. The maximum absolute atomic E-state index is 5.97. The molecule has 0 amide bonds. The number of ether oxygens (including phenoxy) is 1. The molecule has 0 aliphatic carbocycles. The molecule has 2 N–H and O–H groups in total. The number of hydrogen-bond donors (Lipinski definition) is 1. The predicted octanol–water partition coefficient (Wildman–Crippen LogP) is 4.01. The van der Waals surface area contributed by atoms with E-state index in [-0.39, 0.29) is 5.41 Å². The summed E-state index contributed by atoms with van der Waals surface area (Å²) >= 11 is 3.45. The maximum atomic E-state index is 5.97. The monoisotopic (exact) mass is 349 g/mol. The molecule has 2 aromatic rings. The molecule has 0 atom stereocenters. The van der Waals surface area contributed by atoms with Crippen LogP contribution in [0.4, 0.5) is 5.82 Å². The number of nitrogen functional groups attached to an aromatic ring is 1. The summed E-state index contributed by atoms with van der Waals surface area (Å²) in [6.07, 6.45) is 0. The van der Waals surface area contributed by atoms with Gasteiger partial charge in [0.2, 0.25) is 5.88 Å². The highest BCUT2D eigenvalue weighted by molar-refractivity contribution is 9.10. The first-order valence-electron chi connectivity index (χ1n) is 6.79. The van der Waals surface area contributed by atoms with E-state index in [0.29, 0.717) is 24.1 Å². The van der Waals surface area contributed by atoms with E-state index >= 15 is 0 Å². The van der Waals surface area contributed by atoms with E-state index in [1.54, 1.807) is 0 Å². The Balaban J connectivity index is 2.25. The van der Waals surface area contributed by atoms with Gasteiger partial charge in [0, 0.05) is 9.89 Å². The third-order valence-corrected chi connectivity index (χ3v) is 3.57. The van der Waals surface area contributed by atoms with Crippen molar-refractivity contribution in [1.29, 1.82) is 0 Å². The average Bonchev–Trinajstić information content (AvgIpc) is 2.39. The normalized spacial score (nSPS) is 11.5. The minimum Gasteiger partial charge on any atom is -0.472 e. The van der Waals surface area contributed by atoms with E-state index < -0.39 is 0 Å². The summed E-state index contributed by atoms with van der Waals surface area (Å²) in [6, 6.07) is 7.99. The largest absolute Gasteiger partial charge is 0.472 e. The standard InChI is InChI=1S/C16H20BrN3O/c1-10-13(18)19-15(16(2,3)4)20-14(10)21-9-11-6-5-7-12(17)8-11/h5-8H,9H2,1-4H3,(H2,18,19,20). The van der Waals surface area contributed by atoms with Gasteiger partial charge in [-0.1, -0.05) is 48.8 Å². The van der Waals surface area contributed by atoms with Crippen molar-refractivity contribution in [1.82, 2.24) is 9.97 Å². The van der Waals surface area contributed by atoms with Crippen molar-refractivity contribution in [2.75, 3.05) is 5.73 Å². The van der Waals surface area contributed by atoms with Gasteiger partial charge in [0.15, 0.2) is 0 Å². The molecule has 1 aromatic carbocycles. The Kier molecular flexibility index (Phi) is 4.52. The average molecular weight is 350 g/mol. The summed E-state index contributed by atoms with van der Waals surface area (Å²) in [4.78, 5) is 8.87. The molecule has 5 heteroatoms. The van der Waals surface area contributed by atoms with Gasteiger partial charge in [-0.3, -0.25) is 0 Å². The van der Waals surface area contributed by atoms with Crippen LogP contribution in [0.5, 0.6) is 5.88 Å². The summed E-state index contributed by atoms with van der Waals surface area (Å²) in [5.41, 5.74) is 7.65. The predicted molar refractivity (Wildman–Crippen MR) is 88.4 cm³/mol. The van der Waals surface area contributed by atoms with Crippen LogP contribution in [0.1, 0.15) is 37.7 Å². The smallest absolute Gasteiger partial charge is 0.222 e. The number of hydrogen-bond acceptors (Lipinski definition) is 4. The highest BCUT2D eigenvalue weighted by Gasteiger charge is 2.21. The minimum absolute atomic E-state index is 0.171. The molecule has 1 heterocycles. The second-order valence-corrected chi connectivity index (χ2v) is 6.95. The van der Waals surface area contributed by atoms with Gasteiger partial charge in [-0.25, -0.2) is 4.98 Å². The summed E-state index contributed by atoms with van der Waals surface area (Å²) in [7, 11) is 0. The molecule has 1 aromatic heterocycles. The number of nitrogens with two attached hydrogens (primary N) is 1. The third-order valence-electron chi connectivity index (χ3n) is 3.07. The Morgan fingerprint density at radius 3 is 2.57 bits per heavy atom. The van der Waals surface area contributed by atoms with E-state index in [1.807, 2.05) is 31.2 Å². The minimum atomic E-state index is -0.171. The zero-order valence-electron chi connectivity index (χ0n) is 12.8. The molecule has 2 rings (SSSR count). The lowest BCUT2D eigenvalue weighted by atomic mass is 9.95. The molecule has 112 valence electrons. The first-order valence-corrected chi connectivity index (χ1v) is 7.58. The molecular formula is C16H20BrN3O. The van der Waals surface area contributed by atoms with E-state index in [9.17, 15) is 0 Å². The second-order valence-electron chi connectivity index (χ2n) is 6.03. The molecule has 0 unspecified atom stereocenters. The van der Waals surface area contributed by atoms with Gasteiger partial charge in [-0.05, 0) is 24.6 Å². The van der Waals surface area contributed by atoms with Crippen LogP contribution in [-0.4, -0.2) is 9.97 Å². The van der Waals surface area contributed by atoms with Crippen LogP contribution >= 0.6 is 15.9 Å². The Morgan fingerprint density at radius 1 is 1.24 bits per heavy atom. The van der Waals surface area contributed by atoms with E-state index in [1.165, 1.54) is 0 Å². The molecule has 0 spiro atoms. The molecule has 21 heavy (non-hydrogen) atoms. The Bertz CT molecular complexity index is 650. The summed E-state index contributed by atoms with van der Waals surface area (Å²) in [5.74, 6) is 1.71. The van der Waals surface area contributed by atoms with Gasteiger partial charge in [0.1, 0.15) is 18.2 Å². The molecule has 4 nitrogen and oxygen atoms in total. The number of benzene rings is 1. The lowest BCUT2D eigenvalue weighted by molar-refractivity contribution is 0.288. The van der Waals surface area contributed by atoms with Crippen molar-refractivity contribution in [3.05, 3.63) is 45.7 Å². The van der Waals surface area contributed by atoms with Gasteiger partial charge in [-0.2, -0.15) is 4.98 Å². The van der Waals surface area contributed by atoms with Crippen molar-refractivity contribution in [3.63, 3.8) is 0 Å². The van der Waals surface area contributed by atoms with Crippen LogP contribution < -0.4 is 10.5 Å². The first kappa shape index (κ1) is 15.8. The molecule has 0 radical (unpaired) electrons. The van der Waals surface area contributed by atoms with Crippen LogP contribution in [0.2, 0.25) is 0 Å². The van der Waals surface area contributed by atoms with Gasteiger partial charge in [0.25, 0.3) is 0 Å². The summed E-state index contributed by atoms with van der Waals surface area (Å²) in [5, 5.41) is 0. The van der Waals surface area contributed by atoms with E-state index in [0.717, 1.165) is 15.6 Å². The van der Waals surface area contributed by atoms with Crippen molar-refractivity contribution in [3.8, 4) is 5.88 Å². The third kappa shape index (κ3) is 3.94. The van der Waals surface area contributed by atoms with Crippen molar-refractivity contribution in [2.24, 2.45) is 0 Å². The van der Waals surface area contributed by atoms with Crippen molar-refractivity contribution >= 4 is 21.7 Å². The lowest BCUT2D eigenvalue weighted by Gasteiger charge is -2.19. The van der Waals surface area contributed by atoms with Gasteiger partial charge in [0.05, 0.1) is 5.56 Å². The molecule has 0 aliphatic heterocycles. The Morgan fingerprint density at radius 2 is 1.95 bits per heavy atom. The fourth-order valence-corrected chi connectivity index (χ4v) is 2.21. The second kappa shape index (κ2) is 6.02. The molecule has 0 aliphatic rings. The SMILES string of the molecule is Cc1c(N)nc(C(C)(C)C)nc1OCc1cccc(Br)c1. The molecule has 0 bridgehead atoms. The number of rotatable bonds is 3. The quantitative estimate of drug-likeness (QED) is 0.909. The topological polar surface area (TPSA) is 61.0 Å². The summed E-state index contributed by atoms with van der Waals surface area (Å²) in [6.45, 7) is 8.47. The highest BCUT2D eigenvalue weighted by Crippen LogP contribution is 2.26. The first-order chi connectivity index (χ1) is 9.77.